The van der Waals surface area contributed by atoms with E-state index in [9.17, 15) is 4.79 Å². The molecule has 2 aromatic heterocycles. The molecule has 3 heteroatoms. The second-order valence-corrected chi connectivity index (χ2v) is 6.28. The number of nitrogens with zero attached hydrogens (tertiary/aromatic N) is 1. The molecule has 3 aromatic rings. The van der Waals surface area contributed by atoms with Crippen LogP contribution in [-0.2, 0) is 4.74 Å². The number of esters is 1. The maximum Gasteiger partial charge on any atom is 0.355 e. The molecule has 4 rings (SSSR count). The standard InChI is InChI=1S/C20H19NO2/c1-13-10-16-9-8-15(12-21(16)19(13)20(22)23-2)18-11-17(18)14-6-4-3-5-7-14/h3-10,12,17-18H,11H2,1-2H3/t17-,18+/m1/s1. The lowest BCUT2D eigenvalue weighted by molar-refractivity contribution is 0.0592. The molecule has 2 heterocycles. The Morgan fingerprint density at radius 2 is 1.83 bits per heavy atom. The highest BCUT2D eigenvalue weighted by Crippen LogP contribution is 2.54. The average molecular weight is 305 g/mol. The third kappa shape index (κ3) is 2.33. The molecule has 0 amide bonds. The van der Waals surface area contributed by atoms with Gasteiger partial charge in [0.1, 0.15) is 5.69 Å². The van der Waals surface area contributed by atoms with Gasteiger partial charge in [-0.05, 0) is 54.0 Å². The van der Waals surface area contributed by atoms with Crippen LogP contribution in [0.3, 0.4) is 0 Å². The number of rotatable bonds is 3. The maximum absolute atomic E-state index is 12.0. The van der Waals surface area contributed by atoms with E-state index >= 15 is 0 Å². The van der Waals surface area contributed by atoms with Crippen molar-refractivity contribution >= 4 is 11.5 Å². The summed E-state index contributed by atoms with van der Waals surface area (Å²) in [6.07, 6.45) is 3.27. The number of pyridine rings is 1. The first-order valence-electron chi connectivity index (χ1n) is 7.94. The molecule has 116 valence electrons. The Labute approximate surface area is 135 Å². The van der Waals surface area contributed by atoms with E-state index in [1.54, 1.807) is 0 Å². The number of aryl methyl sites for hydroxylation is 1. The molecular formula is C20H19NO2. The van der Waals surface area contributed by atoms with Crippen molar-refractivity contribution in [3.63, 3.8) is 0 Å². The highest BCUT2D eigenvalue weighted by atomic mass is 16.5. The zero-order valence-electron chi connectivity index (χ0n) is 13.3. The number of hydrogen-bond acceptors (Lipinski definition) is 2. The number of aromatic nitrogens is 1. The van der Waals surface area contributed by atoms with E-state index < -0.39 is 0 Å². The third-order valence-electron chi connectivity index (χ3n) is 4.81. The molecule has 0 aliphatic heterocycles. The molecule has 0 saturated heterocycles. The fraction of sp³-hybridized carbons (Fsp3) is 0.250. The van der Waals surface area contributed by atoms with Gasteiger partial charge in [-0.3, -0.25) is 0 Å². The second-order valence-electron chi connectivity index (χ2n) is 6.28. The van der Waals surface area contributed by atoms with E-state index in [1.165, 1.54) is 24.7 Å². The smallest absolute Gasteiger partial charge is 0.355 e. The molecule has 1 aliphatic rings. The summed E-state index contributed by atoms with van der Waals surface area (Å²) in [5, 5.41) is 0. The Morgan fingerprint density at radius 1 is 1.09 bits per heavy atom. The summed E-state index contributed by atoms with van der Waals surface area (Å²) in [6, 6.07) is 16.9. The number of fused-ring (bicyclic) bond motifs is 1. The predicted octanol–water partition coefficient (Wildman–Crippen LogP) is 4.31. The fourth-order valence-electron chi connectivity index (χ4n) is 3.53. The molecule has 1 aromatic carbocycles. The summed E-state index contributed by atoms with van der Waals surface area (Å²) < 4.78 is 6.90. The van der Waals surface area contributed by atoms with E-state index in [1.807, 2.05) is 17.4 Å². The minimum atomic E-state index is -0.282. The van der Waals surface area contributed by atoms with Crippen LogP contribution in [-0.4, -0.2) is 17.5 Å². The van der Waals surface area contributed by atoms with Gasteiger partial charge in [0, 0.05) is 11.7 Å². The van der Waals surface area contributed by atoms with Gasteiger partial charge in [0.2, 0.25) is 0 Å². The summed E-state index contributed by atoms with van der Waals surface area (Å²) in [4.78, 5) is 12.0. The van der Waals surface area contributed by atoms with Crippen LogP contribution >= 0.6 is 0 Å². The average Bonchev–Trinajstić information content (AvgIpc) is 3.31. The van der Waals surface area contributed by atoms with Crippen LogP contribution in [0.15, 0.2) is 54.7 Å². The van der Waals surface area contributed by atoms with Gasteiger partial charge >= 0.3 is 5.97 Å². The summed E-state index contributed by atoms with van der Waals surface area (Å²) in [6.45, 7) is 1.95. The van der Waals surface area contributed by atoms with Crippen molar-refractivity contribution in [1.82, 2.24) is 4.40 Å². The highest BCUT2D eigenvalue weighted by molar-refractivity contribution is 5.91. The van der Waals surface area contributed by atoms with E-state index in [0.717, 1.165) is 11.1 Å². The Balaban J connectivity index is 1.71. The maximum atomic E-state index is 12.0. The lowest BCUT2D eigenvalue weighted by Crippen LogP contribution is -2.07. The highest BCUT2D eigenvalue weighted by Gasteiger charge is 2.39. The molecule has 0 bridgehead atoms. The van der Waals surface area contributed by atoms with Crippen LogP contribution in [0.5, 0.6) is 0 Å². The second kappa shape index (κ2) is 5.27. The number of benzene rings is 1. The Kier molecular flexibility index (Phi) is 3.22. The van der Waals surface area contributed by atoms with Gasteiger partial charge in [0.25, 0.3) is 0 Å². The lowest BCUT2D eigenvalue weighted by atomic mass is 10.1. The van der Waals surface area contributed by atoms with Gasteiger partial charge in [-0.25, -0.2) is 4.79 Å². The summed E-state index contributed by atoms with van der Waals surface area (Å²) in [5.41, 5.74) is 5.29. The van der Waals surface area contributed by atoms with E-state index in [4.69, 9.17) is 4.74 Å². The van der Waals surface area contributed by atoms with Gasteiger partial charge in [-0.2, -0.15) is 0 Å². The van der Waals surface area contributed by atoms with Gasteiger partial charge in [0.05, 0.1) is 7.11 Å². The van der Waals surface area contributed by atoms with Crippen LogP contribution < -0.4 is 0 Å². The molecule has 1 saturated carbocycles. The monoisotopic (exact) mass is 305 g/mol. The molecule has 1 aliphatic carbocycles. The van der Waals surface area contributed by atoms with Crippen molar-refractivity contribution in [2.24, 2.45) is 0 Å². The molecule has 0 N–H and O–H groups in total. The van der Waals surface area contributed by atoms with Gasteiger partial charge in [-0.1, -0.05) is 36.4 Å². The van der Waals surface area contributed by atoms with Gasteiger partial charge in [-0.15, -0.1) is 0 Å². The molecule has 0 unspecified atom stereocenters. The van der Waals surface area contributed by atoms with Crippen molar-refractivity contribution in [2.45, 2.75) is 25.2 Å². The Hall–Kier alpha value is -2.55. The number of carbonyl (C=O) groups is 1. The zero-order valence-corrected chi connectivity index (χ0v) is 13.3. The van der Waals surface area contributed by atoms with Crippen LogP contribution in [0.2, 0.25) is 0 Å². The zero-order chi connectivity index (χ0) is 16.0. The van der Waals surface area contributed by atoms with E-state index in [2.05, 4.69) is 48.7 Å². The predicted molar refractivity (Wildman–Crippen MR) is 90.0 cm³/mol. The van der Waals surface area contributed by atoms with Gasteiger partial charge < -0.3 is 9.14 Å². The fourth-order valence-corrected chi connectivity index (χ4v) is 3.53. The summed E-state index contributed by atoms with van der Waals surface area (Å²) in [5.74, 6) is 0.844. The number of hydrogen-bond donors (Lipinski definition) is 0. The van der Waals surface area contributed by atoms with Crippen molar-refractivity contribution in [3.8, 4) is 0 Å². The van der Waals surface area contributed by atoms with Gasteiger partial charge in [0.15, 0.2) is 0 Å². The van der Waals surface area contributed by atoms with Crippen molar-refractivity contribution in [2.75, 3.05) is 7.11 Å². The van der Waals surface area contributed by atoms with Crippen LogP contribution in [0.4, 0.5) is 0 Å². The molecule has 1 fully saturated rings. The minimum Gasteiger partial charge on any atom is -0.464 e. The number of carbonyl (C=O) groups excluding carboxylic acids is 1. The normalized spacial score (nSPS) is 19.7. The molecule has 0 spiro atoms. The SMILES string of the molecule is COC(=O)c1c(C)cc2ccc([C@@H]3C[C@@H]3c3ccccc3)cn12. The minimum absolute atomic E-state index is 0.282. The largest absolute Gasteiger partial charge is 0.464 e. The molecule has 3 nitrogen and oxygen atoms in total. The first-order valence-corrected chi connectivity index (χ1v) is 7.94. The lowest BCUT2D eigenvalue weighted by Gasteiger charge is -2.06. The number of methoxy groups -OCH3 is 1. The van der Waals surface area contributed by atoms with Crippen molar-refractivity contribution in [3.05, 3.63) is 77.1 Å². The van der Waals surface area contributed by atoms with E-state index in [-0.39, 0.29) is 5.97 Å². The quantitative estimate of drug-likeness (QED) is 0.675. The number of ether oxygens (including phenoxy) is 1. The Bertz CT molecular complexity index is 879. The summed E-state index contributed by atoms with van der Waals surface area (Å²) in [7, 11) is 1.43. The molecular weight excluding hydrogens is 286 g/mol. The third-order valence-corrected chi connectivity index (χ3v) is 4.81. The van der Waals surface area contributed by atoms with E-state index in [0.29, 0.717) is 17.5 Å². The molecule has 23 heavy (non-hydrogen) atoms. The molecule has 2 atom stereocenters. The van der Waals surface area contributed by atoms with Crippen LogP contribution in [0.25, 0.3) is 5.52 Å². The Morgan fingerprint density at radius 3 is 2.57 bits per heavy atom. The van der Waals surface area contributed by atoms with Crippen molar-refractivity contribution < 1.29 is 9.53 Å². The first-order chi connectivity index (χ1) is 11.2. The topological polar surface area (TPSA) is 30.7 Å². The van der Waals surface area contributed by atoms with Crippen molar-refractivity contribution in [1.29, 1.82) is 0 Å². The molecule has 0 radical (unpaired) electrons. The first kappa shape index (κ1) is 14.1. The van der Waals surface area contributed by atoms with Crippen LogP contribution in [0.1, 0.15) is 45.4 Å². The summed E-state index contributed by atoms with van der Waals surface area (Å²) >= 11 is 0. The van der Waals surface area contributed by atoms with Crippen LogP contribution in [0, 0.1) is 6.92 Å².